The number of hydrogen-bond acceptors (Lipinski definition) is 9. The van der Waals surface area contributed by atoms with E-state index in [-0.39, 0.29) is 11.8 Å². The van der Waals surface area contributed by atoms with E-state index in [1.54, 1.807) is 12.4 Å². The summed E-state index contributed by atoms with van der Waals surface area (Å²) in [6, 6.07) is 16.0. The van der Waals surface area contributed by atoms with Crippen molar-refractivity contribution in [2.45, 2.75) is 12.3 Å². The lowest BCUT2D eigenvalue weighted by Crippen LogP contribution is -2.51. The maximum Gasteiger partial charge on any atom is 0.236 e. The molecule has 0 bridgehead atoms. The Morgan fingerprint density at radius 1 is 0.891 bits per heavy atom. The molecule has 2 aliphatic rings. The van der Waals surface area contributed by atoms with E-state index in [9.17, 15) is 9.18 Å². The number of pyridine rings is 1. The number of benzene rings is 2. The second kappa shape index (κ2) is 11.9. The van der Waals surface area contributed by atoms with E-state index in [4.69, 9.17) is 9.97 Å². The van der Waals surface area contributed by atoms with E-state index >= 15 is 0 Å². The normalized spacial score (nSPS) is 17.3. The van der Waals surface area contributed by atoms with E-state index in [2.05, 4.69) is 41.0 Å². The van der Waals surface area contributed by atoms with Gasteiger partial charge in [0.15, 0.2) is 11.6 Å². The van der Waals surface area contributed by atoms with Crippen LogP contribution >= 0.6 is 0 Å². The Kier molecular flexibility index (Phi) is 7.25. The van der Waals surface area contributed by atoms with Gasteiger partial charge in [0.1, 0.15) is 11.5 Å². The maximum absolute atomic E-state index is 13.3. The van der Waals surface area contributed by atoms with E-state index in [1.807, 2.05) is 53.6 Å². The molecule has 0 aliphatic carbocycles. The first-order valence-electron chi connectivity index (χ1n) is 15.5. The number of aromatic nitrogens is 7. The summed E-state index contributed by atoms with van der Waals surface area (Å²) in [5.41, 5.74) is 5.62. The number of amides is 1. The van der Waals surface area contributed by atoms with Crippen molar-refractivity contribution < 1.29 is 9.18 Å². The lowest BCUT2D eigenvalue weighted by molar-refractivity contribution is -0.132. The summed E-state index contributed by atoms with van der Waals surface area (Å²) in [5.74, 6) is 1.20. The zero-order valence-corrected chi connectivity index (χ0v) is 25.1. The van der Waals surface area contributed by atoms with Crippen LogP contribution < -0.4 is 4.90 Å². The third kappa shape index (κ3) is 5.51. The molecule has 46 heavy (non-hydrogen) atoms. The summed E-state index contributed by atoms with van der Waals surface area (Å²) >= 11 is 0. The lowest BCUT2D eigenvalue weighted by Gasteiger charge is -2.36. The summed E-state index contributed by atoms with van der Waals surface area (Å²) in [5, 5.41) is 9.65. The number of nitrogens with one attached hydrogen (secondary N) is 1. The predicted octanol–water partition coefficient (Wildman–Crippen LogP) is 4.30. The molecule has 2 aromatic carbocycles. The van der Waals surface area contributed by atoms with Crippen molar-refractivity contribution in [3.05, 3.63) is 91.2 Å². The van der Waals surface area contributed by atoms with Gasteiger partial charge in [0.25, 0.3) is 0 Å². The molecule has 6 heterocycles. The Balaban J connectivity index is 0.877. The van der Waals surface area contributed by atoms with Crippen molar-refractivity contribution in [2.24, 2.45) is 0 Å². The number of H-pyrrole nitrogens is 1. The number of halogens is 1. The van der Waals surface area contributed by atoms with Crippen LogP contribution in [0.1, 0.15) is 18.2 Å². The van der Waals surface area contributed by atoms with Gasteiger partial charge in [0, 0.05) is 84.8 Å². The summed E-state index contributed by atoms with van der Waals surface area (Å²) in [7, 11) is 0. The Morgan fingerprint density at radius 3 is 2.46 bits per heavy atom. The van der Waals surface area contributed by atoms with Crippen LogP contribution in [0.2, 0.25) is 0 Å². The fraction of sp³-hybridized carbons (Fsp3) is 0.265. The predicted molar refractivity (Wildman–Crippen MR) is 172 cm³/mol. The average Bonchev–Trinajstić information content (AvgIpc) is 3.75. The van der Waals surface area contributed by atoms with Gasteiger partial charge in [-0.1, -0.05) is 0 Å². The number of aromatic amines is 1. The number of anilines is 1. The molecule has 230 valence electrons. The third-order valence-electron chi connectivity index (χ3n) is 8.97. The van der Waals surface area contributed by atoms with Crippen LogP contribution in [0.25, 0.3) is 44.5 Å². The quantitative estimate of drug-likeness (QED) is 0.293. The SMILES string of the molecule is O=C(CN1CC[C@@H](c2ncc3cc4[nH]nc(-c5ccncc5)c4cc3n2)C1)N1CCN(c2ccc(-c3ncc(F)cn3)cc2)CC1. The smallest absolute Gasteiger partial charge is 0.236 e. The molecule has 6 aromatic rings. The van der Waals surface area contributed by atoms with Gasteiger partial charge in [-0.15, -0.1) is 0 Å². The minimum absolute atomic E-state index is 0.162. The third-order valence-corrected chi connectivity index (χ3v) is 8.97. The van der Waals surface area contributed by atoms with Crippen molar-refractivity contribution in [1.82, 2.24) is 44.9 Å². The van der Waals surface area contributed by atoms with E-state index in [1.165, 1.54) is 12.4 Å². The molecule has 12 heteroatoms. The molecule has 0 radical (unpaired) electrons. The van der Waals surface area contributed by atoms with Crippen LogP contribution in [0.3, 0.4) is 0 Å². The van der Waals surface area contributed by atoms with Crippen molar-refractivity contribution in [1.29, 1.82) is 0 Å². The Hall–Kier alpha value is -5.36. The monoisotopic (exact) mass is 614 g/mol. The number of hydrogen-bond donors (Lipinski definition) is 1. The Labute approximate surface area is 264 Å². The van der Waals surface area contributed by atoms with Crippen molar-refractivity contribution >= 4 is 33.4 Å². The molecular formula is C34H31FN10O. The van der Waals surface area contributed by atoms with Crippen LogP contribution in [0.4, 0.5) is 10.1 Å². The number of carbonyl (C=O) groups excluding carboxylic acids is 1. The molecule has 0 spiro atoms. The van der Waals surface area contributed by atoms with E-state index in [0.29, 0.717) is 25.5 Å². The molecule has 11 nitrogen and oxygen atoms in total. The molecule has 4 aromatic heterocycles. The van der Waals surface area contributed by atoms with Gasteiger partial charge in [-0.05, 0) is 61.5 Å². The Morgan fingerprint density at radius 2 is 1.67 bits per heavy atom. The average molecular weight is 615 g/mol. The summed E-state index contributed by atoms with van der Waals surface area (Å²) in [6.07, 6.45) is 8.68. The van der Waals surface area contributed by atoms with E-state index < -0.39 is 5.82 Å². The first-order valence-corrected chi connectivity index (χ1v) is 15.5. The largest absolute Gasteiger partial charge is 0.368 e. The molecule has 1 amide bonds. The zero-order valence-electron chi connectivity index (χ0n) is 25.1. The highest BCUT2D eigenvalue weighted by molar-refractivity contribution is 6.01. The molecule has 0 unspecified atom stereocenters. The first kappa shape index (κ1) is 28.1. The molecule has 8 rings (SSSR count). The fourth-order valence-corrected chi connectivity index (χ4v) is 6.46. The minimum Gasteiger partial charge on any atom is -0.368 e. The standard InChI is InChI=1S/C34H31FN10O/c35-26-18-38-33(39-19-26)23-1-3-27(4-2-23)44-11-13-45(14-12-44)31(46)21-43-10-7-24(20-43)34-37-17-25-15-30-28(16-29(25)40-34)32(42-41-30)22-5-8-36-9-6-22/h1-6,8-9,15-19,24H,7,10-14,20-21H2,(H,41,42)/t24-/m1/s1. The highest BCUT2D eigenvalue weighted by Crippen LogP contribution is 2.31. The fourth-order valence-electron chi connectivity index (χ4n) is 6.46. The van der Waals surface area contributed by atoms with Crippen LogP contribution in [-0.2, 0) is 4.79 Å². The summed E-state index contributed by atoms with van der Waals surface area (Å²) < 4.78 is 13.2. The summed E-state index contributed by atoms with van der Waals surface area (Å²) in [6.45, 7) is 4.89. The maximum atomic E-state index is 13.3. The molecule has 0 saturated carbocycles. The molecule has 1 N–H and O–H groups in total. The highest BCUT2D eigenvalue weighted by atomic mass is 19.1. The minimum atomic E-state index is -0.454. The number of carbonyl (C=O) groups is 1. The number of likely N-dealkylation sites (tertiary alicyclic amines) is 1. The number of piperazine rings is 1. The molecular weight excluding hydrogens is 583 g/mol. The molecule has 1 atom stereocenters. The molecule has 2 aliphatic heterocycles. The topological polar surface area (TPSA) is 120 Å². The van der Waals surface area contributed by atoms with Crippen LogP contribution in [0, 0.1) is 5.82 Å². The molecule has 2 saturated heterocycles. The van der Waals surface area contributed by atoms with Crippen molar-refractivity contribution in [2.75, 3.05) is 50.7 Å². The van der Waals surface area contributed by atoms with Crippen LogP contribution in [-0.4, -0.2) is 96.6 Å². The second-order valence-electron chi connectivity index (χ2n) is 11.9. The second-order valence-corrected chi connectivity index (χ2v) is 11.9. The van der Waals surface area contributed by atoms with Gasteiger partial charge in [0.05, 0.1) is 30.0 Å². The van der Waals surface area contributed by atoms with E-state index in [0.717, 1.165) is 82.7 Å². The van der Waals surface area contributed by atoms with Crippen molar-refractivity contribution in [3.63, 3.8) is 0 Å². The van der Waals surface area contributed by atoms with Crippen LogP contribution in [0.15, 0.2) is 79.5 Å². The number of fused-ring (bicyclic) bond motifs is 2. The van der Waals surface area contributed by atoms with Gasteiger partial charge < -0.3 is 9.80 Å². The lowest BCUT2D eigenvalue weighted by atomic mass is 10.1. The van der Waals surface area contributed by atoms with Gasteiger partial charge in [-0.3, -0.25) is 19.8 Å². The zero-order chi connectivity index (χ0) is 31.0. The van der Waals surface area contributed by atoms with Gasteiger partial charge in [0.2, 0.25) is 5.91 Å². The molecule has 2 fully saturated rings. The number of rotatable bonds is 6. The van der Waals surface area contributed by atoms with Gasteiger partial charge >= 0.3 is 0 Å². The Bertz CT molecular complexity index is 2010. The van der Waals surface area contributed by atoms with Crippen LogP contribution in [0.5, 0.6) is 0 Å². The van der Waals surface area contributed by atoms with Crippen molar-refractivity contribution in [3.8, 4) is 22.6 Å². The summed E-state index contributed by atoms with van der Waals surface area (Å²) in [4.78, 5) is 41.7. The first-order chi connectivity index (χ1) is 22.6. The van der Waals surface area contributed by atoms with Gasteiger partial charge in [-0.25, -0.2) is 24.3 Å². The number of nitrogens with zero attached hydrogens (tertiary/aromatic N) is 9. The highest BCUT2D eigenvalue weighted by Gasteiger charge is 2.30. The van der Waals surface area contributed by atoms with Gasteiger partial charge in [-0.2, -0.15) is 5.10 Å².